The number of carboxylic acids is 1. The topological polar surface area (TPSA) is 81.7 Å². The van der Waals surface area contributed by atoms with E-state index in [4.69, 9.17) is 16.7 Å². The van der Waals surface area contributed by atoms with Crippen LogP contribution in [0.2, 0.25) is 5.02 Å². The molecule has 3 aromatic carbocycles. The molecule has 2 aliphatic rings. The Bertz CT molecular complexity index is 1350. The van der Waals surface area contributed by atoms with E-state index in [1.54, 1.807) is 12.1 Å². The number of rotatable bonds is 8. The molecule has 6 nitrogen and oxygen atoms in total. The van der Waals surface area contributed by atoms with Gasteiger partial charge in [0.15, 0.2) is 0 Å². The van der Waals surface area contributed by atoms with Gasteiger partial charge >= 0.3 is 5.97 Å². The number of halogens is 1. The summed E-state index contributed by atoms with van der Waals surface area (Å²) >= 11 is 8.18. The van der Waals surface area contributed by atoms with Gasteiger partial charge in [-0.25, -0.2) is 0 Å². The quantitative estimate of drug-likeness (QED) is 0.316. The molecule has 1 saturated heterocycles. The van der Waals surface area contributed by atoms with E-state index in [0.29, 0.717) is 28.4 Å². The summed E-state index contributed by atoms with van der Waals surface area (Å²) in [7, 11) is 0. The van der Waals surface area contributed by atoms with Crippen LogP contribution >= 0.6 is 23.4 Å². The van der Waals surface area contributed by atoms with Crippen LogP contribution in [0.3, 0.4) is 0 Å². The van der Waals surface area contributed by atoms with Crippen molar-refractivity contribution in [2.75, 3.05) is 35.2 Å². The first-order valence-electron chi connectivity index (χ1n) is 12.3. The second-order valence-electron chi connectivity index (χ2n) is 9.20. The van der Waals surface area contributed by atoms with Crippen LogP contribution < -0.4 is 10.6 Å². The number of carboxylic acid groups (broad SMARTS) is 1. The normalized spacial score (nSPS) is 16.7. The summed E-state index contributed by atoms with van der Waals surface area (Å²) in [4.78, 5) is 26.8. The van der Waals surface area contributed by atoms with Crippen molar-refractivity contribution in [2.24, 2.45) is 0 Å². The molecule has 0 saturated carbocycles. The summed E-state index contributed by atoms with van der Waals surface area (Å²) in [6, 6.07) is 21.4. The number of thioether (sulfide) groups is 1. The number of anilines is 2. The Morgan fingerprint density at radius 1 is 1.03 bits per heavy atom. The van der Waals surface area contributed by atoms with Gasteiger partial charge in [-0.1, -0.05) is 48.0 Å². The van der Waals surface area contributed by atoms with Crippen LogP contribution in [0.5, 0.6) is 0 Å². The van der Waals surface area contributed by atoms with Crippen molar-refractivity contribution >= 4 is 57.9 Å². The number of aliphatic carboxylic acids is 1. The number of amides is 1. The number of benzene rings is 3. The molecule has 0 aromatic heterocycles. The van der Waals surface area contributed by atoms with Crippen LogP contribution in [0.4, 0.5) is 11.4 Å². The summed E-state index contributed by atoms with van der Waals surface area (Å²) in [5.41, 5.74) is 6.45. The third-order valence-electron chi connectivity index (χ3n) is 6.55. The standard InChI is InChI=1S/C29H28ClN3O3S/c30-22-7-10-24-25(17-22)32-29(36)27(24)28(21-3-1-2-19(16-21)6-11-26(34)35)31-23-8-4-20(5-9-23)18-33-12-14-37-15-13-33/h1-5,7-10,16-17,31H,6,11-15,18H2,(H,32,36)(H,34,35)/b28-27-. The van der Waals surface area contributed by atoms with E-state index in [2.05, 4.69) is 27.7 Å². The Balaban J connectivity index is 1.49. The number of carbonyl (C=O) groups is 2. The average Bonchev–Trinajstić information content (AvgIpc) is 3.22. The molecular weight excluding hydrogens is 506 g/mol. The summed E-state index contributed by atoms with van der Waals surface area (Å²) < 4.78 is 0. The first kappa shape index (κ1) is 25.4. The van der Waals surface area contributed by atoms with Crippen molar-refractivity contribution in [1.82, 2.24) is 4.90 Å². The second kappa shape index (κ2) is 11.4. The highest BCUT2D eigenvalue weighted by atomic mass is 35.5. The molecule has 0 atom stereocenters. The van der Waals surface area contributed by atoms with Crippen LogP contribution in [0.15, 0.2) is 66.7 Å². The van der Waals surface area contributed by atoms with E-state index >= 15 is 0 Å². The van der Waals surface area contributed by atoms with Gasteiger partial charge in [0.25, 0.3) is 5.91 Å². The van der Waals surface area contributed by atoms with Crippen molar-refractivity contribution in [3.63, 3.8) is 0 Å². The average molecular weight is 534 g/mol. The maximum atomic E-state index is 13.2. The number of fused-ring (bicyclic) bond motifs is 1. The number of hydrogen-bond donors (Lipinski definition) is 3. The first-order chi connectivity index (χ1) is 18.0. The number of hydrogen-bond acceptors (Lipinski definition) is 5. The maximum Gasteiger partial charge on any atom is 0.303 e. The van der Waals surface area contributed by atoms with Gasteiger partial charge in [0.1, 0.15) is 0 Å². The fourth-order valence-corrected chi connectivity index (χ4v) is 5.81. The Morgan fingerprint density at radius 2 is 1.81 bits per heavy atom. The lowest BCUT2D eigenvalue weighted by molar-refractivity contribution is -0.137. The molecule has 1 fully saturated rings. The summed E-state index contributed by atoms with van der Waals surface area (Å²) in [5.74, 6) is 1.30. The van der Waals surface area contributed by atoms with Gasteiger partial charge in [-0.05, 0) is 53.4 Å². The Labute approximate surface area is 225 Å². The lowest BCUT2D eigenvalue weighted by Gasteiger charge is -2.26. The predicted octanol–water partition coefficient (Wildman–Crippen LogP) is 5.84. The first-order valence-corrected chi connectivity index (χ1v) is 13.8. The highest BCUT2D eigenvalue weighted by molar-refractivity contribution is 7.99. The molecule has 5 rings (SSSR count). The van der Waals surface area contributed by atoms with Gasteiger partial charge in [-0.3, -0.25) is 14.5 Å². The van der Waals surface area contributed by atoms with Gasteiger partial charge in [0.05, 0.1) is 17.0 Å². The van der Waals surface area contributed by atoms with Crippen molar-refractivity contribution in [3.8, 4) is 0 Å². The number of aryl methyl sites for hydroxylation is 1. The van der Waals surface area contributed by atoms with Gasteiger partial charge in [-0.2, -0.15) is 11.8 Å². The van der Waals surface area contributed by atoms with E-state index in [-0.39, 0.29) is 12.3 Å². The Kier molecular flexibility index (Phi) is 7.84. The minimum atomic E-state index is -0.841. The third-order valence-corrected chi connectivity index (χ3v) is 7.73. The van der Waals surface area contributed by atoms with Crippen LogP contribution in [0.1, 0.15) is 28.7 Å². The van der Waals surface area contributed by atoms with Crippen molar-refractivity contribution in [1.29, 1.82) is 0 Å². The highest BCUT2D eigenvalue weighted by Crippen LogP contribution is 2.39. The van der Waals surface area contributed by atoms with Gasteiger partial charge < -0.3 is 15.7 Å². The fraction of sp³-hybridized carbons (Fsp3) is 0.241. The van der Waals surface area contributed by atoms with E-state index in [0.717, 1.165) is 42.0 Å². The van der Waals surface area contributed by atoms with Crippen LogP contribution in [-0.2, 0) is 22.6 Å². The molecule has 3 N–H and O–H groups in total. The molecule has 2 aliphatic heterocycles. The molecule has 0 unspecified atom stereocenters. The van der Waals surface area contributed by atoms with Crippen molar-refractivity contribution in [3.05, 3.63) is 94.0 Å². The molecule has 0 bridgehead atoms. The van der Waals surface area contributed by atoms with Gasteiger partial charge in [0, 0.05) is 53.8 Å². The molecule has 0 aliphatic carbocycles. The zero-order chi connectivity index (χ0) is 25.8. The van der Waals surface area contributed by atoms with Gasteiger partial charge in [0.2, 0.25) is 0 Å². The lowest BCUT2D eigenvalue weighted by Crippen LogP contribution is -2.31. The zero-order valence-corrected chi connectivity index (χ0v) is 21.9. The SMILES string of the molecule is O=C(O)CCc1cccc(/C(Nc2ccc(CN3CCSCC3)cc2)=C2/C(=O)Nc3cc(Cl)ccc32)c1. The van der Waals surface area contributed by atoms with E-state index in [9.17, 15) is 9.59 Å². The van der Waals surface area contributed by atoms with Gasteiger partial charge in [-0.15, -0.1) is 0 Å². The number of carbonyl (C=O) groups excluding carboxylic acids is 1. The molecule has 1 amide bonds. The maximum absolute atomic E-state index is 13.2. The largest absolute Gasteiger partial charge is 0.481 e. The van der Waals surface area contributed by atoms with Crippen LogP contribution in [0, 0.1) is 0 Å². The number of nitrogens with one attached hydrogen (secondary N) is 2. The summed E-state index contributed by atoms with van der Waals surface area (Å²) in [6.45, 7) is 3.15. The van der Waals surface area contributed by atoms with E-state index in [1.165, 1.54) is 17.1 Å². The summed E-state index contributed by atoms with van der Waals surface area (Å²) in [5, 5.41) is 16.1. The Hall–Kier alpha value is -3.26. The monoisotopic (exact) mass is 533 g/mol. The zero-order valence-electron chi connectivity index (χ0n) is 20.3. The predicted molar refractivity (Wildman–Crippen MR) is 152 cm³/mol. The van der Waals surface area contributed by atoms with Crippen molar-refractivity contribution < 1.29 is 14.7 Å². The Morgan fingerprint density at radius 3 is 2.57 bits per heavy atom. The second-order valence-corrected chi connectivity index (χ2v) is 10.9. The third kappa shape index (κ3) is 6.18. The molecule has 2 heterocycles. The van der Waals surface area contributed by atoms with E-state index < -0.39 is 5.97 Å². The van der Waals surface area contributed by atoms with Crippen LogP contribution in [-0.4, -0.2) is 46.5 Å². The molecule has 190 valence electrons. The molecule has 3 aromatic rings. The van der Waals surface area contributed by atoms with Crippen molar-refractivity contribution in [2.45, 2.75) is 19.4 Å². The molecule has 0 radical (unpaired) electrons. The summed E-state index contributed by atoms with van der Waals surface area (Å²) in [6.07, 6.45) is 0.454. The highest BCUT2D eigenvalue weighted by Gasteiger charge is 2.28. The molecular formula is C29H28ClN3O3S. The molecule has 37 heavy (non-hydrogen) atoms. The smallest absolute Gasteiger partial charge is 0.303 e. The molecule has 0 spiro atoms. The minimum Gasteiger partial charge on any atom is -0.481 e. The minimum absolute atomic E-state index is 0.0434. The molecule has 8 heteroatoms. The van der Waals surface area contributed by atoms with E-state index in [1.807, 2.05) is 54.2 Å². The van der Waals surface area contributed by atoms with Crippen LogP contribution in [0.25, 0.3) is 11.3 Å². The number of nitrogens with zero attached hydrogens (tertiary/aromatic N) is 1. The lowest BCUT2D eigenvalue weighted by atomic mass is 9.97. The fourth-order valence-electron chi connectivity index (χ4n) is 4.66.